The van der Waals surface area contributed by atoms with Crippen molar-refractivity contribution in [3.05, 3.63) is 98.1 Å². The summed E-state index contributed by atoms with van der Waals surface area (Å²) in [5, 5.41) is 4.95. The van der Waals surface area contributed by atoms with Gasteiger partial charge in [-0.2, -0.15) is 0 Å². The van der Waals surface area contributed by atoms with Crippen molar-refractivity contribution >= 4 is 71.5 Å². The Balaban J connectivity index is 1.15. The molecular weight excluding hydrogens is 1120 g/mol. The van der Waals surface area contributed by atoms with Gasteiger partial charge < -0.3 is 58.0 Å². The molecule has 5 rings (SSSR count). The lowest BCUT2D eigenvalue weighted by Gasteiger charge is -2.26. The number of nitrogens with one attached hydrogen (secondary N) is 2. The monoisotopic (exact) mass is 1200 g/mol. The Morgan fingerprint density at radius 1 is 0.360 bits per heavy atom. The fraction of sp³-hybridized carbons (Fsp3) is 0.484. The minimum Gasteiger partial charge on any atom is -0.465 e. The van der Waals surface area contributed by atoms with Gasteiger partial charge in [0.15, 0.2) is 0 Å². The summed E-state index contributed by atoms with van der Waals surface area (Å²) in [6.45, 7) is 13.3. The topological polar surface area (TPSA) is 321 Å². The molecular formula is C62H74N2O22. The van der Waals surface area contributed by atoms with Crippen LogP contribution < -0.4 is 29.6 Å². The molecule has 24 nitrogen and oxygen atoms in total. The van der Waals surface area contributed by atoms with Gasteiger partial charge in [0.05, 0.1) is 75.0 Å². The SMILES string of the molecule is C=CC(=O)NCCOC(=O)c1cc(OC(=O)C2CCC(C(=O)Oc3ccc(OC(=O)C4CCC(C(=O)OCCCCOC(=O)C=C)CC4)c(C(=O)OCCNC(=O)C=C)c3)CC2)ccc1OC(=O)C1CCC(C(=O)OCCCCOC(=O)C=C)CC1. The molecule has 0 unspecified atom stereocenters. The van der Waals surface area contributed by atoms with Crippen LogP contribution in [0.15, 0.2) is 87.0 Å². The number of unbranched alkanes of at least 4 members (excludes halogenated alkanes) is 2. The quantitative estimate of drug-likeness (QED) is 0.0261. The van der Waals surface area contributed by atoms with E-state index in [0.717, 1.165) is 24.3 Å². The maximum absolute atomic E-state index is 13.6. The number of amides is 2. The Hall–Kier alpha value is -8.96. The Bertz CT molecular complexity index is 2610. The minimum absolute atomic E-state index is 0.0676. The summed E-state index contributed by atoms with van der Waals surface area (Å²) in [5.41, 5.74) is -0.506. The molecule has 3 saturated carbocycles. The van der Waals surface area contributed by atoms with Gasteiger partial charge in [-0.05, 0) is 151 Å². The highest BCUT2D eigenvalue weighted by Crippen LogP contribution is 2.37. The fourth-order valence-electron chi connectivity index (χ4n) is 9.51. The van der Waals surface area contributed by atoms with Crippen LogP contribution in [0.5, 0.6) is 23.0 Å². The summed E-state index contributed by atoms with van der Waals surface area (Å²) < 4.78 is 54.2. The zero-order valence-corrected chi connectivity index (χ0v) is 48.0. The van der Waals surface area contributed by atoms with Crippen LogP contribution in [0.1, 0.15) is 123 Å². The highest BCUT2D eigenvalue weighted by molar-refractivity contribution is 5.96. The van der Waals surface area contributed by atoms with Crippen LogP contribution in [0.4, 0.5) is 0 Å². The van der Waals surface area contributed by atoms with E-state index < -0.39 is 107 Å². The normalized spacial score (nSPS) is 18.7. The number of carbonyl (C=O) groups is 12. The third-order valence-corrected chi connectivity index (χ3v) is 14.4. The van der Waals surface area contributed by atoms with Gasteiger partial charge >= 0.3 is 59.7 Å². The highest BCUT2D eigenvalue weighted by Gasteiger charge is 2.36. The average molecular weight is 1200 g/mol. The van der Waals surface area contributed by atoms with Crippen molar-refractivity contribution in [1.82, 2.24) is 10.6 Å². The van der Waals surface area contributed by atoms with E-state index in [4.69, 9.17) is 47.4 Å². The van der Waals surface area contributed by atoms with Crippen LogP contribution >= 0.6 is 0 Å². The zero-order valence-electron chi connectivity index (χ0n) is 48.0. The average Bonchev–Trinajstić information content (AvgIpc) is 2.56. The molecule has 2 aromatic carbocycles. The Kier molecular flexibility index (Phi) is 28.4. The number of esters is 10. The van der Waals surface area contributed by atoms with Gasteiger partial charge in [-0.3, -0.25) is 38.4 Å². The highest BCUT2D eigenvalue weighted by atomic mass is 16.6. The molecule has 0 saturated heterocycles. The van der Waals surface area contributed by atoms with Gasteiger partial charge in [0.25, 0.3) is 0 Å². The van der Waals surface area contributed by atoms with Crippen molar-refractivity contribution in [3.63, 3.8) is 0 Å². The number of benzene rings is 2. The van der Waals surface area contributed by atoms with Gasteiger partial charge in [-0.15, -0.1) is 0 Å². The molecule has 0 spiro atoms. The number of ether oxygens (including phenoxy) is 10. The van der Waals surface area contributed by atoms with Gasteiger partial charge in [-0.25, -0.2) is 19.2 Å². The van der Waals surface area contributed by atoms with E-state index >= 15 is 0 Å². The van der Waals surface area contributed by atoms with Crippen molar-refractivity contribution in [3.8, 4) is 23.0 Å². The summed E-state index contributed by atoms with van der Waals surface area (Å²) in [6, 6.07) is 7.62. The first-order valence-corrected chi connectivity index (χ1v) is 28.6. The second kappa shape index (κ2) is 36.0. The van der Waals surface area contributed by atoms with Crippen molar-refractivity contribution in [2.24, 2.45) is 35.5 Å². The second-order valence-corrected chi connectivity index (χ2v) is 20.4. The lowest BCUT2D eigenvalue weighted by molar-refractivity contribution is -0.152. The lowest BCUT2D eigenvalue weighted by atomic mass is 9.82. The standard InChI is InChI=1S/C62H74N2O22/c1-5-51(65)63-29-35-81-61(75)47-37-45(25-27-49(47)85-59(73)43-17-13-39(14-18-43)55(69)79-33-11-9-31-77-53(67)7-3)83-57(71)41-21-23-42(24-22-41)58(72)84-46-26-28-50(48(38-46)62(76)82-36-30-64-52(66)6-2)86-60(74)44-19-15-40(16-20-44)56(70)80-34-12-10-32-78-54(68)8-4/h5-8,25-28,37-44H,1-4,9-24,29-36H2,(H,63,65)(H,64,66). The largest absolute Gasteiger partial charge is 0.465 e. The van der Waals surface area contributed by atoms with E-state index in [1.807, 2.05) is 0 Å². The number of carbonyl (C=O) groups excluding carboxylic acids is 12. The van der Waals surface area contributed by atoms with Crippen molar-refractivity contribution < 1.29 is 105 Å². The number of rotatable bonds is 32. The van der Waals surface area contributed by atoms with Crippen molar-refractivity contribution in [1.29, 1.82) is 0 Å². The van der Waals surface area contributed by atoms with E-state index in [0.29, 0.717) is 77.0 Å². The van der Waals surface area contributed by atoms with Crippen LogP contribution in [0.3, 0.4) is 0 Å². The van der Waals surface area contributed by atoms with Gasteiger partial charge in [0.2, 0.25) is 11.8 Å². The molecule has 0 aliphatic heterocycles. The second-order valence-electron chi connectivity index (χ2n) is 20.4. The van der Waals surface area contributed by atoms with Gasteiger partial charge in [0, 0.05) is 12.2 Å². The molecule has 0 heterocycles. The molecule has 2 N–H and O–H groups in total. The van der Waals surface area contributed by atoms with Crippen LogP contribution in [-0.4, -0.2) is 124 Å². The third kappa shape index (κ3) is 22.6. The van der Waals surface area contributed by atoms with E-state index in [9.17, 15) is 57.5 Å². The molecule has 2 amide bonds. The maximum Gasteiger partial charge on any atom is 0.342 e. The maximum atomic E-state index is 13.6. The van der Waals surface area contributed by atoms with Gasteiger partial charge in [0.1, 0.15) is 47.3 Å². The Morgan fingerprint density at radius 3 is 0.953 bits per heavy atom. The van der Waals surface area contributed by atoms with E-state index in [1.54, 1.807) is 0 Å². The molecule has 2 aromatic rings. The minimum atomic E-state index is -0.955. The van der Waals surface area contributed by atoms with E-state index in [1.165, 1.54) is 36.4 Å². The first-order valence-electron chi connectivity index (χ1n) is 28.6. The first kappa shape index (κ1) is 67.8. The summed E-state index contributed by atoms with van der Waals surface area (Å²) in [7, 11) is 0. The summed E-state index contributed by atoms with van der Waals surface area (Å²) in [4.78, 5) is 152. The number of hydrogen-bond donors (Lipinski definition) is 2. The van der Waals surface area contributed by atoms with E-state index in [-0.39, 0.29) is 113 Å². The molecule has 0 atom stereocenters. The molecule has 0 aromatic heterocycles. The van der Waals surface area contributed by atoms with Crippen molar-refractivity contribution in [2.75, 3.05) is 52.7 Å². The molecule has 0 radical (unpaired) electrons. The summed E-state index contributed by atoms with van der Waals surface area (Å²) in [5.74, 6) is -11.4. The van der Waals surface area contributed by atoms with Gasteiger partial charge in [-0.1, -0.05) is 26.3 Å². The van der Waals surface area contributed by atoms with Crippen LogP contribution in [0.25, 0.3) is 0 Å². The van der Waals surface area contributed by atoms with Crippen LogP contribution in [-0.2, 0) is 76.4 Å². The van der Waals surface area contributed by atoms with Crippen molar-refractivity contribution in [2.45, 2.75) is 103 Å². The lowest BCUT2D eigenvalue weighted by Crippen LogP contribution is -2.31. The number of hydrogen-bond acceptors (Lipinski definition) is 22. The molecule has 3 aliphatic carbocycles. The predicted octanol–water partition coefficient (Wildman–Crippen LogP) is 6.45. The Morgan fingerprint density at radius 2 is 0.651 bits per heavy atom. The molecule has 86 heavy (non-hydrogen) atoms. The van der Waals surface area contributed by atoms with Crippen LogP contribution in [0.2, 0.25) is 0 Å². The molecule has 3 aliphatic rings. The summed E-state index contributed by atoms with van der Waals surface area (Å²) in [6.07, 6.45) is 9.58. The zero-order chi connectivity index (χ0) is 62.4. The first-order chi connectivity index (χ1) is 41.4. The summed E-state index contributed by atoms with van der Waals surface area (Å²) >= 11 is 0. The fourth-order valence-corrected chi connectivity index (χ4v) is 9.51. The molecule has 3 fully saturated rings. The molecule has 0 bridgehead atoms. The molecule has 24 heteroatoms. The predicted molar refractivity (Wildman–Crippen MR) is 301 cm³/mol. The van der Waals surface area contributed by atoms with Crippen LogP contribution in [0, 0.1) is 35.5 Å². The van der Waals surface area contributed by atoms with E-state index in [2.05, 4.69) is 36.9 Å². The third-order valence-electron chi connectivity index (χ3n) is 14.4. The smallest absolute Gasteiger partial charge is 0.342 e. The Labute approximate surface area is 497 Å². The molecule has 464 valence electrons.